The zero-order chi connectivity index (χ0) is 18.7. The SMILES string of the molecule is Cc1ccc(C)c(NC(=O)C(C)n2nc(-c3ccncc3)ccc2=O)c1. The molecule has 0 saturated heterocycles. The summed E-state index contributed by atoms with van der Waals surface area (Å²) in [6.07, 6.45) is 3.31. The number of hydrogen-bond acceptors (Lipinski definition) is 4. The van der Waals surface area contributed by atoms with Gasteiger partial charge in [0.25, 0.3) is 5.56 Å². The van der Waals surface area contributed by atoms with Gasteiger partial charge in [-0.05, 0) is 56.2 Å². The number of carbonyl (C=O) groups excluding carboxylic acids is 1. The van der Waals surface area contributed by atoms with Crippen LogP contribution in [0.1, 0.15) is 24.1 Å². The Bertz CT molecular complexity index is 996. The fraction of sp³-hybridized carbons (Fsp3) is 0.200. The van der Waals surface area contributed by atoms with Crippen molar-refractivity contribution in [2.24, 2.45) is 0 Å². The highest BCUT2D eigenvalue weighted by Gasteiger charge is 2.19. The van der Waals surface area contributed by atoms with Crippen LogP contribution < -0.4 is 10.9 Å². The minimum absolute atomic E-state index is 0.292. The highest BCUT2D eigenvalue weighted by molar-refractivity contribution is 5.94. The molecular weight excluding hydrogens is 328 g/mol. The van der Waals surface area contributed by atoms with Gasteiger partial charge in [-0.1, -0.05) is 12.1 Å². The standard InChI is InChI=1S/C20H20N4O2/c1-13-4-5-14(2)18(12-13)22-20(26)15(3)24-19(25)7-6-17(23-24)16-8-10-21-11-9-16/h4-12,15H,1-3H3,(H,22,26). The molecular formula is C20H20N4O2. The maximum absolute atomic E-state index is 12.7. The fourth-order valence-corrected chi connectivity index (χ4v) is 2.60. The molecule has 1 unspecified atom stereocenters. The van der Waals surface area contributed by atoms with Crippen molar-refractivity contribution < 1.29 is 4.79 Å². The van der Waals surface area contributed by atoms with E-state index in [0.717, 1.165) is 22.4 Å². The molecule has 0 saturated carbocycles. The van der Waals surface area contributed by atoms with Crippen molar-refractivity contribution in [3.63, 3.8) is 0 Å². The van der Waals surface area contributed by atoms with Gasteiger partial charge in [0, 0.05) is 29.7 Å². The first-order valence-corrected chi connectivity index (χ1v) is 8.34. The van der Waals surface area contributed by atoms with E-state index in [1.54, 1.807) is 37.5 Å². The van der Waals surface area contributed by atoms with Crippen LogP contribution in [0.4, 0.5) is 5.69 Å². The molecule has 0 aliphatic heterocycles. The Balaban J connectivity index is 1.89. The molecule has 0 bridgehead atoms. The Morgan fingerprint density at radius 2 is 1.81 bits per heavy atom. The van der Waals surface area contributed by atoms with Crippen LogP contribution in [0.5, 0.6) is 0 Å². The number of benzene rings is 1. The number of aromatic nitrogens is 3. The Hall–Kier alpha value is -3.28. The predicted molar refractivity (Wildman–Crippen MR) is 101 cm³/mol. The molecule has 2 aromatic heterocycles. The van der Waals surface area contributed by atoms with Gasteiger partial charge in [0.1, 0.15) is 6.04 Å². The molecule has 1 amide bonds. The molecule has 3 rings (SSSR count). The first-order valence-electron chi connectivity index (χ1n) is 8.34. The molecule has 0 aliphatic rings. The summed E-state index contributed by atoms with van der Waals surface area (Å²) in [6.45, 7) is 5.54. The van der Waals surface area contributed by atoms with E-state index in [4.69, 9.17) is 0 Å². The summed E-state index contributed by atoms with van der Waals surface area (Å²) in [5, 5.41) is 7.25. The van der Waals surface area contributed by atoms with Crippen LogP contribution >= 0.6 is 0 Å². The van der Waals surface area contributed by atoms with Crippen LogP contribution in [0.25, 0.3) is 11.3 Å². The van der Waals surface area contributed by atoms with E-state index in [2.05, 4.69) is 15.4 Å². The molecule has 6 heteroatoms. The lowest BCUT2D eigenvalue weighted by Crippen LogP contribution is -2.33. The zero-order valence-electron chi connectivity index (χ0n) is 14.9. The van der Waals surface area contributed by atoms with E-state index in [-0.39, 0.29) is 11.5 Å². The third-order valence-electron chi connectivity index (χ3n) is 4.20. The number of carbonyl (C=O) groups is 1. The van der Waals surface area contributed by atoms with Gasteiger partial charge in [-0.3, -0.25) is 14.6 Å². The van der Waals surface area contributed by atoms with Crippen LogP contribution in [0.15, 0.2) is 59.7 Å². The molecule has 0 aliphatic carbocycles. The van der Waals surface area contributed by atoms with Gasteiger partial charge in [-0.15, -0.1) is 0 Å². The molecule has 6 nitrogen and oxygen atoms in total. The van der Waals surface area contributed by atoms with Gasteiger partial charge in [0.15, 0.2) is 0 Å². The molecule has 1 N–H and O–H groups in total. The monoisotopic (exact) mass is 348 g/mol. The number of nitrogens with one attached hydrogen (secondary N) is 1. The first-order chi connectivity index (χ1) is 12.5. The van der Waals surface area contributed by atoms with E-state index >= 15 is 0 Å². The second kappa shape index (κ2) is 7.31. The molecule has 132 valence electrons. The Morgan fingerprint density at radius 3 is 2.54 bits per heavy atom. The van der Waals surface area contributed by atoms with Gasteiger partial charge in [0.05, 0.1) is 5.69 Å². The topological polar surface area (TPSA) is 76.9 Å². The average molecular weight is 348 g/mol. The number of nitrogens with zero attached hydrogens (tertiary/aromatic N) is 3. The maximum atomic E-state index is 12.7. The number of hydrogen-bond donors (Lipinski definition) is 1. The minimum Gasteiger partial charge on any atom is -0.324 e. The van der Waals surface area contributed by atoms with Gasteiger partial charge >= 0.3 is 0 Å². The smallest absolute Gasteiger partial charge is 0.267 e. The van der Waals surface area contributed by atoms with Crippen molar-refractivity contribution in [2.45, 2.75) is 26.8 Å². The Kier molecular flexibility index (Phi) is 4.93. The lowest BCUT2D eigenvalue weighted by Gasteiger charge is -2.16. The highest BCUT2D eigenvalue weighted by atomic mass is 16.2. The minimum atomic E-state index is -0.746. The summed E-state index contributed by atoms with van der Waals surface area (Å²) in [5.41, 5.74) is 3.86. The van der Waals surface area contributed by atoms with E-state index in [1.165, 1.54) is 10.7 Å². The van der Waals surface area contributed by atoms with E-state index in [0.29, 0.717) is 5.69 Å². The molecule has 26 heavy (non-hydrogen) atoms. The van der Waals surface area contributed by atoms with E-state index in [1.807, 2.05) is 32.0 Å². The van der Waals surface area contributed by atoms with E-state index in [9.17, 15) is 9.59 Å². The molecule has 0 spiro atoms. The molecule has 0 radical (unpaired) electrons. The Morgan fingerprint density at radius 1 is 1.08 bits per heavy atom. The summed E-state index contributed by atoms with van der Waals surface area (Å²) in [6, 6.07) is 11.8. The summed E-state index contributed by atoms with van der Waals surface area (Å²) in [5.74, 6) is -0.292. The van der Waals surface area contributed by atoms with Crippen molar-refractivity contribution in [3.05, 3.63) is 76.3 Å². The second-order valence-electron chi connectivity index (χ2n) is 6.22. The normalized spacial score (nSPS) is 11.8. The van der Waals surface area contributed by atoms with Crippen molar-refractivity contribution in [2.75, 3.05) is 5.32 Å². The Labute approximate surface area is 151 Å². The largest absolute Gasteiger partial charge is 0.324 e. The molecule has 1 atom stereocenters. The second-order valence-corrected chi connectivity index (χ2v) is 6.22. The summed E-state index contributed by atoms with van der Waals surface area (Å²) in [7, 11) is 0. The number of aryl methyl sites for hydroxylation is 2. The third kappa shape index (κ3) is 3.69. The average Bonchev–Trinajstić information content (AvgIpc) is 2.65. The predicted octanol–water partition coefficient (Wildman–Crippen LogP) is 3.12. The van der Waals surface area contributed by atoms with Gasteiger partial charge in [-0.2, -0.15) is 5.10 Å². The zero-order valence-corrected chi connectivity index (χ0v) is 14.9. The highest BCUT2D eigenvalue weighted by Crippen LogP contribution is 2.19. The first kappa shape index (κ1) is 17.5. The van der Waals surface area contributed by atoms with Crippen molar-refractivity contribution in [3.8, 4) is 11.3 Å². The van der Waals surface area contributed by atoms with Crippen LogP contribution in [-0.2, 0) is 4.79 Å². The summed E-state index contributed by atoms with van der Waals surface area (Å²) < 4.78 is 1.20. The summed E-state index contributed by atoms with van der Waals surface area (Å²) in [4.78, 5) is 28.9. The quantitative estimate of drug-likeness (QED) is 0.786. The van der Waals surface area contributed by atoms with Crippen LogP contribution in [0, 0.1) is 13.8 Å². The molecule has 3 aromatic rings. The summed E-state index contributed by atoms with van der Waals surface area (Å²) >= 11 is 0. The number of amides is 1. The van der Waals surface area contributed by atoms with Crippen molar-refractivity contribution in [1.82, 2.24) is 14.8 Å². The number of rotatable bonds is 4. The number of pyridine rings is 1. The molecule has 2 heterocycles. The van der Waals surface area contributed by atoms with Gasteiger partial charge in [-0.25, -0.2) is 4.68 Å². The number of anilines is 1. The third-order valence-corrected chi connectivity index (χ3v) is 4.20. The van der Waals surface area contributed by atoms with Crippen molar-refractivity contribution in [1.29, 1.82) is 0 Å². The van der Waals surface area contributed by atoms with Crippen LogP contribution in [0.2, 0.25) is 0 Å². The van der Waals surface area contributed by atoms with Crippen molar-refractivity contribution >= 4 is 11.6 Å². The molecule has 1 aromatic carbocycles. The lowest BCUT2D eigenvalue weighted by atomic mass is 10.1. The van der Waals surface area contributed by atoms with Gasteiger partial charge < -0.3 is 5.32 Å². The molecule has 0 fully saturated rings. The fourth-order valence-electron chi connectivity index (χ4n) is 2.60. The van der Waals surface area contributed by atoms with Crippen LogP contribution in [-0.4, -0.2) is 20.7 Å². The lowest BCUT2D eigenvalue weighted by molar-refractivity contribution is -0.119. The van der Waals surface area contributed by atoms with E-state index < -0.39 is 6.04 Å². The maximum Gasteiger partial charge on any atom is 0.267 e. The van der Waals surface area contributed by atoms with Crippen LogP contribution in [0.3, 0.4) is 0 Å². The van der Waals surface area contributed by atoms with Gasteiger partial charge in [0.2, 0.25) is 5.91 Å².